The molecule has 1 amide bonds. The van der Waals surface area contributed by atoms with Gasteiger partial charge in [-0.2, -0.15) is 0 Å². The molecule has 0 bridgehead atoms. The molecule has 196 valence electrons. The van der Waals surface area contributed by atoms with Gasteiger partial charge in [0.2, 0.25) is 5.91 Å². The summed E-state index contributed by atoms with van der Waals surface area (Å²) in [6.45, 7) is 0. The maximum atomic E-state index is 13.5. The van der Waals surface area contributed by atoms with E-state index < -0.39 is 15.9 Å². The number of nitrogens with one attached hydrogen (secondary N) is 2. The van der Waals surface area contributed by atoms with Crippen LogP contribution in [0, 0.1) is 0 Å². The van der Waals surface area contributed by atoms with E-state index in [4.69, 9.17) is 5.73 Å². The van der Waals surface area contributed by atoms with Crippen LogP contribution in [0.3, 0.4) is 0 Å². The number of nitrogen functional groups attached to an aromatic ring is 1. The van der Waals surface area contributed by atoms with Crippen LogP contribution >= 0.6 is 0 Å². The molecule has 5 rings (SSSR count). The van der Waals surface area contributed by atoms with Crippen molar-refractivity contribution in [3.05, 3.63) is 115 Å². The Balaban J connectivity index is 1.39. The largest absolute Gasteiger partial charge is 0.383 e. The van der Waals surface area contributed by atoms with Crippen molar-refractivity contribution >= 4 is 43.7 Å². The molecular weight excluding hydrogens is 508 g/mol. The molecule has 8 heteroatoms. The Bertz CT molecular complexity index is 1740. The first-order valence-electron chi connectivity index (χ1n) is 12.4. The predicted molar refractivity (Wildman–Crippen MR) is 157 cm³/mol. The van der Waals surface area contributed by atoms with Gasteiger partial charge in [0.25, 0.3) is 0 Å². The second kappa shape index (κ2) is 11.0. The van der Waals surface area contributed by atoms with Gasteiger partial charge in [0.05, 0.1) is 4.90 Å². The summed E-state index contributed by atoms with van der Waals surface area (Å²) in [6.07, 6.45) is 3.33. The zero-order valence-electron chi connectivity index (χ0n) is 21.3. The van der Waals surface area contributed by atoms with Gasteiger partial charge >= 0.3 is 0 Å². The molecule has 0 saturated heterocycles. The van der Waals surface area contributed by atoms with E-state index in [1.54, 1.807) is 54.7 Å². The van der Waals surface area contributed by atoms with Crippen molar-refractivity contribution in [3.63, 3.8) is 0 Å². The third-order valence-corrected chi connectivity index (χ3v) is 7.64. The highest BCUT2D eigenvalue weighted by Gasteiger charge is 2.20. The molecular formula is C31H28N4O3S. The number of amides is 1. The van der Waals surface area contributed by atoms with Crippen molar-refractivity contribution in [1.82, 2.24) is 4.98 Å². The highest BCUT2D eigenvalue weighted by molar-refractivity contribution is 7.90. The van der Waals surface area contributed by atoms with Gasteiger partial charge in [0.1, 0.15) is 11.9 Å². The van der Waals surface area contributed by atoms with Crippen LogP contribution in [0.25, 0.3) is 21.9 Å². The molecule has 0 fully saturated rings. The number of nitrogens with zero attached hydrogens (tertiary/aromatic N) is 1. The van der Waals surface area contributed by atoms with Crippen LogP contribution in [0.1, 0.15) is 5.56 Å². The Hall–Kier alpha value is -4.69. The molecule has 39 heavy (non-hydrogen) atoms. The molecule has 7 nitrogen and oxygen atoms in total. The van der Waals surface area contributed by atoms with E-state index in [1.165, 1.54) is 6.26 Å². The number of hydrogen-bond acceptors (Lipinski definition) is 6. The van der Waals surface area contributed by atoms with Gasteiger partial charge in [-0.1, -0.05) is 66.7 Å². The van der Waals surface area contributed by atoms with E-state index in [0.29, 0.717) is 23.5 Å². The Kier molecular flexibility index (Phi) is 7.29. The molecule has 5 aromatic rings. The zero-order chi connectivity index (χ0) is 27.4. The average Bonchev–Trinajstić information content (AvgIpc) is 2.94. The minimum absolute atomic E-state index is 0.206. The molecule has 0 aliphatic heterocycles. The van der Waals surface area contributed by atoms with Crippen LogP contribution in [-0.4, -0.2) is 31.6 Å². The summed E-state index contributed by atoms with van der Waals surface area (Å²) < 4.78 is 24.5. The van der Waals surface area contributed by atoms with Gasteiger partial charge in [-0.15, -0.1) is 0 Å². The number of aromatic nitrogens is 1. The SMILES string of the molecule is CS(=O)(=O)c1ccccc1-c1ccc(NC(=O)C(Cc2ccccc2)Nc2ccc3ccnc(N)c3c2)cc1. The zero-order valence-corrected chi connectivity index (χ0v) is 22.2. The molecule has 4 N–H and O–H groups in total. The summed E-state index contributed by atoms with van der Waals surface area (Å²) in [6, 6.07) is 30.9. The molecule has 4 aromatic carbocycles. The molecule has 1 unspecified atom stereocenters. The molecule has 0 aliphatic rings. The predicted octanol–water partition coefficient (Wildman–Crippen LogP) is 5.55. The number of benzene rings is 4. The second-order valence-electron chi connectivity index (χ2n) is 9.35. The lowest BCUT2D eigenvalue weighted by molar-refractivity contribution is -0.116. The molecule has 0 saturated carbocycles. The van der Waals surface area contributed by atoms with E-state index in [0.717, 1.165) is 27.6 Å². The van der Waals surface area contributed by atoms with Gasteiger partial charge < -0.3 is 16.4 Å². The second-order valence-corrected chi connectivity index (χ2v) is 11.3. The minimum Gasteiger partial charge on any atom is -0.383 e. The summed E-state index contributed by atoms with van der Waals surface area (Å²) in [4.78, 5) is 17.9. The fraction of sp³-hybridized carbons (Fsp3) is 0.0968. The van der Waals surface area contributed by atoms with Crippen molar-refractivity contribution in [1.29, 1.82) is 0 Å². The smallest absolute Gasteiger partial charge is 0.247 e. The molecule has 0 aliphatic carbocycles. The van der Waals surface area contributed by atoms with Crippen LogP contribution in [0.5, 0.6) is 0 Å². The van der Waals surface area contributed by atoms with Crippen LogP contribution in [0.15, 0.2) is 114 Å². The fourth-order valence-corrected chi connectivity index (χ4v) is 5.44. The monoisotopic (exact) mass is 536 g/mol. The van der Waals surface area contributed by atoms with Gasteiger partial charge in [-0.05, 0) is 52.9 Å². The number of nitrogens with two attached hydrogens (primary N) is 1. The number of fused-ring (bicyclic) bond motifs is 1. The minimum atomic E-state index is -3.39. The fourth-order valence-electron chi connectivity index (χ4n) is 4.53. The molecule has 1 heterocycles. The molecule has 0 radical (unpaired) electrons. The number of rotatable bonds is 8. The lowest BCUT2D eigenvalue weighted by atomic mass is 10.0. The third kappa shape index (κ3) is 6.08. The van der Waals surface area contributed by atoms with Gasteiger partial charge in [0.15, 0.2) is 9.84 Å². The van der Waals surface area contributed by atoms with Crippen molar-refractivity contribution in [2.75, 3.05) is 22.6 Å². The number of pyridine rings is 1. The summed E-state index contributed by atoms with van der Waals surface area (Å²) >= 11 is 0. The first-order chi connectivity index (χ1) is 18.8. The number of carbonyl (C=O) groups is 1. The van der Waals surface area contributed by atoms with Crippen LogP contribution < -0.4 is 16.4 Å². The van der Waals surface area contributed by atoms with Crippen LogP contribution in [0.4, 0.5) is 17.2 Å². The Labute approximate surface area is 227 Å². The van der Waals surface area contributed by atoms with Gasteiger partial charge in [-0.25, -0.2) is 13.4 Å². The first-order valence-corrected chi connectivity index (χ1v) is 14.3. The highest BCUT2D eigenvalue weighted by atomic mass is 32.2. The number of sulfone groups is 1. The quantitative estimate of drug-likeness (QED) is 0.240. The Morgan fingerprint density at radius 1 is 0.872 bits per heavy atom. The number of anilines is 3. The summed E-state index contributed by atoms with van der Waals surface area (Å²) in [5, 5.41) is 8.14. The lowest BCUT2D eigenvalue weighted by Gasteiger charge is -2.20. The topological polar surface area (TPSA) is 114 Å². The van der Waals surface area contributed by atoms with Crippen molar-refractivity contribution < 1.29 is 13.2 Å². The van der Waals surface area contributed by atoms with Gasteiger partial charge in [0, 0.05) is 41.2 Å². The van der Waals surface area contributed by atoms with Crippen molar-refractivity contribution in [3.8, 4) is 11.1 Å². The summed E-state index contributed by atoms with van der Waals surface area (Å²) in [5.74, 6) is 0.222. The third-order valence-electron chi connectivity index (χ3n) is 6.49. The molecule has 0 spiro atoms. The molecule has 1 atom stereocenters. The van der Waals surface area contributed by atoms with E-state index in [1.807, 2.05) is 54.6 Å². The Morgan fingerprint density at radius 3 is 2.31 bits per heavy atom. The van der Waals surface area contributed by atoms with E-state index >= 15 is 0 Å². The normalized spacial score (nSPS) is 12.1. The first kappa shape index (κ1) is 25.9. The van der Waals surface area contributed by atoms with Crippen LogP contribution in [0.2, 0.25) is 0 Å². The van der Waals surface area contributed by atoms with E-state index in [-0.39, 0.29) is 10.8 Å². The number of carbonyl (C=O) groups excluding carboxylic acids is 1. The summed E-state index contributed by atoms with van der Waals surface area (Å²) in [7, 11) is -3.39. The number of hydrogen-bond donors (Lipinski definition) is 3. The summed E-state index contributed by atoms with van der Waals surface area (Å²) in [5.41, 5.74) is 9.81. The average molecular weight is 537 g/mol. The standard InChI is InChI=1S/C31H28N4O3S/c1-39(37,38)29-10-6-5-9-26(29)22-11-14-24(15-12-22)35-31(36)28(19-21-7-3-2-4-8-21)34-25-16-13-23-17-18-33-30(32)27(23)20-25/h2-18,20,28,34H,19H2,1H3,(H2,32,33)(H,35,36). The van der Waals surface area contributed by atoms with E-state index in [9.17, 15) is 13.2 Å². The van der Waals surface area contributed by atoms with Crippen molar-refractivity contribution in [2.45, 2.75) is 17.4 Å². The highest BCUT2D eigenvalue weighted by Crippen LogP contribution is 2.29. The van der Waals surface area contributed by atoms with Gasteiger partial charge in [-0.3, -0.25) is 4.79 Å². The maximum Gasteiger partial charge on any atom is 0.247 e. The van der Waals surface area contributed by atoms with Crippen molar-refractivity contribution in [2.24, 2.45) is 0 Å². The van der Waals surface area contributed by atoms with E-state index in [2.05, 4.69) is 15.6 Å². The lowest BCUT2D eigenvalue weighted by Crippen LogP contribution is -2.36. The van der Waals surface area contributed by atoms with Crippen LogP contribution in [-0.2, 0) is 21.1 Å². The maximum absolute atomic E-state index is 13.5. The molecule has 1 aromatic heterocycles. The Morgan fingerprint density at radius 2 is 1.56 bits per heavy atom.